The highest BCUT2D eigenvalue weighted by molar-refractivity contribution is 5.96. The molecule has 18 heavy (non-hydrogen) atoms. The first-order valence-corrected chi connectivity index (χ1v) is 6.41. The molecule has 100 valence electrons. The van der Waals surface area contributed by atoms with Crippen LogP contribution in [0.25, 0.3) is 0 Å². The molecule has 1 atom stereocenters. The van der Waals surface area contributed by atoms with E-state index < -0.39 is 0 Å². The van der Waals surface area contributed by atoms with Gasteiger partial charge >= 0.3 is 0 Å². The molecule has 0 aliphatic rings. The molecule has 2 N–H and O–H groups in total. The molecule has 1 aromatic rings. The third kappa shape index (κ3) is 3.84. The second kappa shape index (κ2) is 6.01. The zero-order chi connectivity index (χ0) is 13.8. The summed E-state index contributed by atoms with van der Waals surface area (Å²) in [4.78, 5) is 12.2. The Kier molecular flexibility index (Phi) is 4.91. The van der Waals surface area contributed by atoms with E-state index in [1.807, 2.05) is 38.2 Å². The highest BCUT2D eigenvalue weighted by Crippen LogP contribution is 2.25. The second-order valence-electron chi connectivity index (χ2n) is 5.70. The van der Waals surface area contributed by atoms with Crippen molar-refractivity contribution in [3.63, 3.8) is 0 Å². The second-order valence-corrected chi connectivity index (χ2v) is 5.70. The van der Waals surface area contributed by atoms with E-state index in [9.17, 15) is 4.79 Å². The molecule has 0 heterocycles. The van der Waals surface area contributed by atoms with Crippen molar-refractivity contribution in [2.75, 3.05) is 13.6 Å². The van der Waals surface area contributed by atoms with Gasteiger partial charge in [0.25, 0.3) is 5.91 Å². The van der Waals surface area contributed by atoms with E-state index in [1.54, 1.807) is 0 Å². The van der Waals surface area contributed by atoms with Crippen molar-refractivity contribution in [1.29, 1.82) is 0 Å². The minimum Gasteiger partial charge on any atom is -0.350 e. The number of amides is 1. The predicted octanol–water partition coefficient (Wildman–Crippen LogP) is 2.32. The molecule has 0 radical (unpaired) electrons. The van der Waals surface area contributed by atoms with Gasteiger partial charge in [0.2, 0.25) is 0 Å². The average Bonchev–Trinajstić information content (AvgIpc) is 2.34. The van der Waals surface area contributed by atoms with Crippen LogP contribution in [0.2, 0.25) is 0 Å². The van der Waals surface area contributed by atoms with Crippen molar-refractivity contribution in [2.24, 2.45) is 0 Å². The maximum absolute atomic E-state index is 12.2. The summed E-state index contributed by atoms with van der Waals surface area (Å²) in [5, 5.41) is 6.06. The lowest BCUT2D eigenvalue weighted by Gasteiger charge is -2.22. The third-order valence-corrected chi connectivity index (χ3v) is 3.04. The Bertz CT molecular complexity index is 407. The van der Waals surface area contributed by atoms with Gasteiger partial charge < -0.3 is 10.6 Å². The molecule has 0 saturated carbocycles. The zero-order valence-electron chi connectivity index (χ0n) is 12.0. The van der Waals surface area contributed by atoms with Crippen LogP contribution in [-0.4, -0.2) is 25.5 Å². The molecular weight excluding hydrogens is 224 g/mol. The van der Waals surface area contributed by atoms with Gasteiger partial charge in [-0.3, -0.25) is 4.79 Å². The monoisotopic (exact) mass is 248 g/mol. The van der Waals surface area contributed by atoms with Crippen molar-refractivity contribution in [2.45, 2.75) is 39.2 Å². The minimum absolute atomic E-state index is 0.00243. The quantitative estimate of drug-likeness (QED) is 0.858. The largest absolute Gasteiger partial charge is 0.350 e. The Morgan fingerprint density at radius 2 is 1.89 bits per heavy atom. The van der Waals surface area contributed by atoms with E-state index in [-0.39, 0.29) is 17.4 Å². The maximum atomic E-state index is 12.2. The number of carbonyl (C=O) groups is 1. The Labute approximate surface area is 110 Å². The molecule has 0 bridgehead atoms. The fraction of sp³-hybridized carbons (Fsp3) is 0.533. The molecule has 1 aromatic carbocycles. The van der Waals surface area contributed by atoms with E-state index in [1.165, 1.54) is 0 Å². The standard InChI is InChI=1S/C15H24N2O/c1-11(16-5)10-17-14(18)12-8-6-7-9-13(12)15(2,3)4/h6-9,11,16H,10H2,1-5H3,(H,17,18). The summed E-state index contributed by atoms with van der Waals surface area (Å²) in [6.07, 6.45) is 0. The van der Waals surface area contributed by atoms with Gasteiger partial charge in [-0.15, -0.1) is 0 Å². The number of hydrogen-bond acceptors (Lipinski definition) is 2. The highest BCUT2D eigenvalue weighted by atomic mass is 16.1. The van der Waals surface area contributed by atoms with Gasteiger partial charge in [-0.2, -0.15) is 0 Å². The van der Waals surface area contributed by atoms with Gasteiger partial charge in [0.05, 0.1) is 0 Å². The van der Waals surface area contributed by atoms with Crippen molar-refractivity contribution in [1.82, 2.24) is 10.6 Å². The first kappa shape index (κ1) is 14.7. The molecule has 3 nitrogen and oxygen atoms in total. The molecule has 0 saturated heterocycles. The van der Waals surface area contributed by atoms with Gasteiger partial charge in [-0.25, -0.2) is 0 Å². The minimum atomic E-state index is -0.0252. The van der Waals surface area contributed by atoms with Crippen LogP contribution in [0.3, 0.4) is 0 Å². The first-order valence-electron chi connectivity index (χ1n) is 6.41. The van der Waals surface area contributed by atoms with Gasteiger partial charge in [-0.1, -0.05) is 39.0 Å². The number of rotatable bonds is 4. The molecule has 0 aromatic heterocycles. The number of carbonyl (C=O) groups excluding carboxylic acids is 1. The van der Waals surface area contributed by atoms with Crippen molar-refractivity contribution in [3.8, 4) is 0 Å². The van der Waals surface area contributed by atoms with E-state index >= 15 is 0 Å². The molecule has 0 fully saturated rings. The van der Waals surface area contributed by atoms with Crippen LogP contribution >= 0.6 is 0 Å². The molecular formula is C15H24N2O. The summed E-state index contributed by atoms with van der Waals surface area (Å²) in [6, 6.07) is 8.08. The summed E-state index contributed by atoms with van der Waals surface area (Å²) in [7, 11) is 1.89. The van der Waals surface area contributed by atoms with Crippen LogP contribution in [0.4, 0.5) is 0 Å². The van der Waals surface area contributed by atoms with Crippen molar-refractivity contribution in [3.05, 3.63) is 35.4 Å². The molecule has 0 aliphatic carbocycles. The first-order chi connectivity index (χ1) is 8.36. The van der Waals surface area contributed by atoms with Gasteiger partial charge in [0.15, 0.2) is 0 Å². The summed E-state index contributed by atoms with van der Waals surface area (Å²) in [5.41, 5.74) is 1.83. The summed E-state index contributed by atoms with van der Waals surface area (Å²) in [5.74, 6) is 0.00243. The number of hydrogen-bond donors (Lipinski definition) is 2. The Morgan fingerprint density at radius 1 is 1.28 bits per heavy atom. The molecule has 1 unspecified atom stereocenters. The normalized spacial score (nSPS) is 13.2. The molecule has 1 amide bonds. The molecule has 0 aliphatic heterocycles. The SMILES string of the molecule is CNC(C)CNC(=O)c1ccccc1C(C)(C)C. The lowest BCUT2D eigenvalue weighted by Crippen LogP contribution is -2.37. The summed E-state index contributed by atoms with van der Waals surface area (Å²) >= 11 is 0. The molecule has 1 rings (SSSR count). The predicted molar refractivity (Wildman–Crippen MR) is 76.0 cm³/mol. The molecule has 0 spiro atoms. The van der Waals surface area contributed by atoms with Crippen LogP contribution in [0.15, 0.2) is 24.3 Å². The summed E-state index contributed by atoms with van der Waals surface area (Å²) < 4.78 is 0. The van der Waals surface area contributed by atoms with Crippen LogP contribution in [0.5, 0.6) is 0 Å². The lowest BCUT2D eigenvalue weighted by atomic mass is 9.83. The van der Waals surface area contributed by atoms with E-state index in [0.717, 1.165) is 11.1 Å². The van der Waals surface area contributed by atoms with Gasteiger partial charge in [0.1, 0.15) is 0 Å². The highest BCUT2D eigenvalue weighted by Gasteiger charge is 2.20. The Balaban J connectivity index is 2.86. The number of likely N-dealkylation sites (N-methyl/N-ethyl adjacent to an activating group) is 1. The van der Waals surface area contributed by atoms with Crippen molar-refractivity contribution < 1.29 is 4.79 Å². The zero-order valence-corrected chi connectivity index (χ0v) is 12.0. The van der Waals surface area contributed by atoms with Crippen LogP contribution < -0.4 is 10.6 Å². The van der Waals surface area contributed by atoms with Crippen LogP contribution in [-0.2, 0) is 5.41 Å². The van der Waals surface area contributed by atoms with E-state index in [2.05, 4.69) is 31.4 Å². The summed E-state index contributed by atoms with van der Waals surface area (Å²) in [6.45, 7) is 9.03. The van der Waals surface area contributed by atoms with Gasteiger partial charge in [-0.05, 0) is 31.0 Å². The van der Waals surface area contributed by atoms with Gasteiger partial charge in [0, 0.05) is 18.2 Å². The topological polar surface area (TPSA) is 41.1 Å². The average molecular weight is 248 g/mol. The maximum Gasteiger partial charge on any atom is 0.251 e. The fourth-order valence-corrected chi connectivity index (χ4v) is 1.78. The number of benzene rings is 1. The smallest absolute Gasteiger partial charge is 0.251 e. The third-order valence-electron chi connectivity index (χ3n) is 3.04. The lowest BCUT2D eigenvalue weighted by molar-refractivity contribution is 0.0948. The Morgan fingerprint density at radius 3 is 2.44 bits per heavy atom. The fourth-order valence-electron chi connectivity index (χ4n) is 1.78. The number of nitrogens with one attached hydrogen (secondary N) is 2. The van der Waals surface area contributed by atoms with Crippen LogP contribution in [0, 0.1) is 0 Å². The van der Waals surface area contributed by atoms with Crippen molar-refractivity contribution >= 4 is 5.91 Å². The molecule has 3 heteroatoms. The Hall–Kier alpha value is -1.35. The van der Waals surface area contributed by atoms with Crippen LogP contribution in [0.1, 0.15) is 43.6 Å². The van der Waals surface area contributed by atoms with E-state index in [4.69, 9.17) is 0 Å². The van der Waals surface area contributed by atoms with E-state index in [0.29, 0.717) is 6.54 Å².